The zero-order valence-electron chi connectivity index (χ0n) is 13.7. The molecular weight excluding hydrogens is 334 g/mol. The Morgan fingerprint density at radius 2 is 2.08 bits per heavy atom. The molecule has 7 heteroatoms. The van der Waals surface area contributed by atoms with Crippen LogP contribution in [0, 0.1) is 0 Å². The van der Waals surface area contributed by atoms with Gasteiger partial charge in [-0.05, 0) is 42.5 Å². The van der Waals surface area contributed by atoms with Crippen LogP contribution in [0.4, 0.5) is 11.5 Å². The largest absolute Gasteiger partial charge is 0.326 e. The van der Waals surface area contributed by atoms with Crippen LogP contribution in [-0.4, -0.2) is 22.1 Å². The highest BCUT2D eigenvalue weighted by molar-refractivity contribution is 7.19. The molecule has 2 heterocycles. The number of aromatic nitrogens is 2. The fourth-order valence-corrected chi connectivity index (χ4v) is 4.27. The molecule has 1 aliphatic rings. The van der Waals surface area contributed by atoms with Crippen molar-refractivity contribution in [1.29, 1.82) is 0 Å². The van der Waals surface area contributed by atoms with Gasteiger partial charge >= 0.3 is 0 Å². The first kappa shape index (κ1) is 15.7. The smallest absolute Gasteiger partial charge is 0.221 e. The maximum atomic E-state index is 11.0. The molecule has 2 N–H and O–H groups in total. The van der Waals surface area contributed by atoms with Crippen molar-refractivity contribution >= 4 is 45.2 Å². The van der Waals surface area contributed by atoms with Crippen LogP contribution in [-0.2, 0) is 17.6 Å². The van der Waals surface area contributed by atoms with Gasteiger partial charge in [0.05, 0.1) is 11.6 Å². The average Bonchev–Trinajstić information content (AvgIpc) is 3.17. The third-order valence-electron chi connectivity index (χ3n) is 4.12. The van der Waals surface area contributed by atoms with Crippen LogP contribution in [0.15, 0.2) is 35.7 Å². The van der Waals surface area contributed by atoms with Crippen LogP contribution >= 0.6 is 11.3 Å². The molecule has 0 radical (unpaired) electrons. The minimum atomic E-state index is -0.0841. The summed E-state index contributed by atoms with van der Waals surface area (Å²) in [4.78, 5) is 22.2. The Labute approximate surface area is 149 Å². The van der Waals surface area contributed by atoms with E-state index in [9.17, 15) is 4.79 Å². The highest BCUT2D eigenvalue weighted by atomic mass is 32.1. The normalized spacial score (nSPS) is 13.3. The molecule has 0 fully saturated rings. The van der Waals surface area contributed by atoms with Crippen LogP contribution < -0.4 is 10.7 Å². The fourth-order valence-electron chi connectivity index (χ4n) is 3.04. The fraction of sp³-hybridized carbons (Fsp3) is 0.222. The molecule has 0 aliphatic heterocycles. The van der Waals surface area contributed by atoms with E-state index in [1.807, 2.05) is 24.3 Å². The van der Waals surface area contributed by atoms with Crippen molar-refractivity contribution < 1.29 is 4.79 Å². The first-order chi connectivity index (χ1) is 12.2. The monoisotopic (exact) mass is 351 g/mol. The first-order valence-corrected chi connectivity index (χ1v) is 8.94. The number of nitrogens with zero attached hydrogens (tertiary/aromatic N) is 3. The average molecular weight is 351 g/mol. The minimum absolute atomic E-state index is 0.0841. The van der Waals surface area contributed by atoms with Gasteiger partial charge in [-0.3, -0.25) is 10.2 Å². The van der Waals surface area contributed by atoms with Gasteiger partial charge in [0.25, 0.3) is 0 Å². The number of nitrogens with one attached hydrogen (secondary N) is 2. The Morgan fingerprint density at radius 1 is 1.24 bits per heavy atom. The number of fused-ring (bicyclic) bond motifs is 3. The quantitative estimate of drug-likeness (QED) is 0.556. The second-order valence-corrected chi connectivity index (χ2v) is 7.02. The van der Waals surface area contributed by atoms with Gasteiger partial charge in [-0.25, -0.2) is 9.97 Å². The van der Waals surface area contributed by atoms with Crippen LogP contribution in [0.5, 0.6) is 0 Å². The molecule has 1 aromatic carbocycles. The molecule has 3 aromatic rings. The molecule has 6 nitrogen and oxygen atoms in total. The van der Waals surface area contributed by atoms with E-state index in [1.165, 1.54) is 23.8 Å². The number of aryl methyl sites for hydroxylation is 2. The lowest BCUT2D eigenvalue weighted by Gasteiger charge is -2.03. The Morgan fingerprint density at radius 3 is 2.88 bits per heavy atom. The number of hydrogen-bond acceptors (Lipinski definition) is 6. The van der Waals surface area contributed by atoms with E-state index in [0.29, 0.717) is 0 Å². The topological polar surface area (TPSA) is 79.3 Å². The molecule has 25 heavy (non-hydrogen) atoms. The molecule has 1 aliphatic carbocycles. The number of benzene rings is 1. The van der Waals surface area contributed by atoms with Gasteiger partial charge in [-0.2, -0.15) is 5.10 Å². The zero-order chi connectivity index (χ0) is 17.2. The summed E-state index contributed by atoms with van der Waals surface area (Å²) in [7, 11) is 0. The lowest BCUT2D eigenvalue weighted by Crippen LogP contribution is -2.05. The minimum Gasteiger partial charge on any atom is -0.326 e. The lowest BCUT2D eigenvalue weighted by molar-refractivity contribution is -0.114. The van der Waals surface area contributed by atoms with Crippen LogP contribution in [0.1, 0.15) is 29.3 Å². The summed E-state index contributed by atoms with van der Waals surface area (Å²) < 4.78 is 0. The summed E-state index contributed by atoms with van der Waals surface area (Å²) in [6, 6.07) is 7.48. The van der Waals surface area contributed by atoms with Crippen molar-refractivity contribution in [2.45, 2.75) is 26.2 Å². The summed E-state index contributed by atoms with van der Waals surface area (Å²) in [6.07, 6.45) is 6.74. The third kappa shape index (κ3) is 3.23. The number of rotatable bonds is 4. The molecular formula is C18H17N5OS. The first-order valence-electron chi connectivity index (χ1n) is 8.12. The molecule has 4 rings (SSSR count). The van der Waals surface area contributed by atoms with E-state index in [1.54, 1.807) is 23.9 Å². The van der Waals surface area contributed by atoms with Gasteiger partial charge < -0.3 is 5.32 Å². The SMILES string of the molecule is CC(=O)Nc1ccc(/C=N\Nc2ncnc3sc4c(c23)CCC4)cc1. The maximum absolute atomic E-state index is 11.0. The Hall–Kier alpha value is -2.80. The van der Waals surface area contributed by atoms with E-state index in [-0.39, 0.29) is 5.91 Å². The van der Waals surface area contributed by atoms with E-state index >= 15 is 0 Å². The number of carbonyl (C=O) groups is 1. The Bertz CT molecular complexity index is 962. The van der Waals surface area contributed by atoms with Gasteiger partial charge in [0, 0.05) is 17.5 Å². The summed E-state index contributed by atoms with van der Waals surface area (Å²) in [5, 5.41) is 8.16. The molecule has 0 spiro atoms. The number of hydrazone groups is 1. The van der Waals surface area contributed by atoms with Gasteiger partial charge in [0.1, 0.15) is 11.2 Å². The van der Waals surface area contributed by atoms with Gasteiger partial charge in [-0.15, -0.1) is 11.3 Å². The van der Waals surface area contributed by atoms with Crippen LogP contribution in [0.3, 0.4) is 0 Å². The van der Waals surface area contributed by atoms with E-state index in [4.69, 9.17) is 0 Å². The predicted octanol–water partition coefficient (Wildman–Crippen LogP) is 3.58. The van der Waals surface area contributed by atoms with Crippen LogP contribution in [0.2, 0.25) is 0 Å². The summed E-state index contributed by atoms with van der Waals surface area (Å²) in [5.41, 5.74) is 6.13. The molecule has 0 atom stereocenters. The molecule has 0 unspecified atom stereocenters. The molecule has 0 saturated carbocycles. The molecule has 0 saturated heterocycles. The number of hydrogen-bond donors (Lipinski definition) is 2. The van der Waals surface area contributed by atoms with Gasteiger partial charge in [0.2, 0.25) is 5.91 Å². The van der Waals surface area contributed by atoms with E-state index in [0.717, 1.165) is 40.1 Å². The van der Waals surface area contributed by atoms with Crippen molar-refractivity contribution in [2.75, 3.05) is 10.7 Å². The van der Waals surface area contributed by atoms with Crippen LogP contribution in [0.25, 0.3) is 10.2 Å². The Balaban J connectivity index is 1.52. The molecule has 126 valence electrons. The van der Waals surface area contributed by atoms with Crippen molar-refractivity contribution in [3.63, 3.8) is 0 Å². The second-order valence-electron chi connectivity index (χ2n) is 5.93. The van der Waals surface area contributed by atoms with Crippen molar-refractivity contribution in [3.8, 4) is 0 Å². The standard InChI is InChI=1S/C18H17N5OS/c1-11(24)22-13-7-5-12(6-8-13)9-21-23-17-16-14-3-2-4-15(14)25-18(16)20-10-19-17/h5-10H,2-4H2,1H3,(H,22,24)(H,19,20,23)/b21-9-. The number of thiophene rings is 1. The molecule has 0 bridgehead atoms. The predicted molar refractivity (Wildman–Crippen MR) is 101 cm³/mol. The molecule has 2 aromatic heterocycles. The number of anilines is 2. The summed E-state index contributed by atoms with van der Waals surface area (Å²) >= 11 is 1.76. The maximum Gasteiger partial charge on any atom is 0.221 e. The molecule has 1 amide bonds. The summed E-state index contributed by atoms with van der Waals surface area (Å²) in [5.74, 6) is 0.676. The third-order valence-corrected chi connectivity index (χ3v) is 5.32. The van der Waals surface area contributed by atoms with Crippen molar-refractivity contribution in [3.05, 3.63) is 46.6 Å². The van der Waals surface area contributed by atoms with Gasteiger partial charge in [0.15, 0.2) is 5.82 Å². The highest BCUT2D eigenvalue weighted by Crippen LogP contribution is 2.38. The van der Waals surface area contributed by atoms with Gasteiger partial charge in [-0.1, -0.05) is 12.1 Å². The van der Waals surface area contributed by atoms with Crippen molar-refractivity contribution in [1.82, 2.24) is 9.97 Å². The van der Waals surface area contributed by atoms with E-state index < -0.39 is 0 Å². The Kier molecular flexibility index (Phi) is 4.15. The number of carbonyl (C=O) groups excluding carboxylic acids is 1. The summed E-state index contributed by atoms with van der Waals surface area (Å²) in [6.45, 7) is 1.49. The highest BCUT2D eigenvalue weighted by Gasteiger charge is 2.20. The van der Waals surface area contributed by atoms with Crippen molar-refractivity contribution in [2.24, 2.45) is 5.10 Å². The van der Waals surface area contributed by atoms with E-state index in [2.05, 4.69) is 25.8 Å². The lowest BCUT2D eigenvalue weighted by atomic mass is 10.2. The zero-order valence-corrected chi connectivity index (χ0v) is 14.6. The number of amides is 1. The second kappa shape index (κ2) is 6.60.